The minimum atomic E-state index is -2.38. The lowest BCUT2D eigenvalue weighted by Gasteiger charge is -2.41. The van der Waals surface area contributed by atoms with Gasteiger partial charge in [0.2, 0.25) is 0 Å². The van der Waals surface area contributed by atoms with Crippen LogP contribution in [-0.2, 0) is 0 Å². The lowest BCUT2D eigenvalue weighted by Crippen LogP contribution is -2.70. The van der Waals surface area contributed by atoms with E-state index in [4.69, 9.17) is 0 Å². The van der Waals surface area contributed by atoms with Gasteiger partial charge in [-0.1, -0.05) is 101 Å². The molecule has 3 aromatic carbocycles. The van der Waals surface area contributed by atoms with E-state index in [0.717, 1.165) is 0 Å². The molecule has 0 spiro atoms. The molecule has 0 amide bonds. The summed E-state index contributed by atoms with van der Waals surface area (Å²) >= 11 is 0. The fraction of sp³-hybridized carbons (Fsp3) is 0.241. The van der Waals surface area contributed by atoms with Crippen LogP contribution in [0.1, 0.15) is 38.8 Å². The number of rotatable bonds is 4. The van der Waals surface area contributed by atoms with E-state index >= 15 is 0 Å². The van der Waals surface area contributed by atoms with E-state index in [-0.39, 0.29) is 0 Å². The molecule has 0 bridgehead atoms. The highest BCUT2D eigenvalue weighted by molar-refractivity contribution is 7.13. The maximum absolute atomic E-state index is 2.46. The third-order valence-corrected chi connectivity index (χ3v) is 12.6. The molecule has 3 aromatic rings. The van der Waals surface area contributed by atoms with Crippen molar-refractivity contribution < 1.29 is 0 Å². The minimum Gasteiger partial charge on any atom is -0.0647 e. The Labute approximate surface area is 183 Å². The highest BCUT2D eigenvalue weighted by Gasteiger charge is 2.50. The summed E-state index contributed by atoms with van der Waals surface area (Å²) in [7, 11) is -2.38. The van der Waals surface area contributed by atoms with Gasteiger partial charge in [-0.05, 0) is 68.2 Å². The first-order valence-electron chi connectivity index (χ1n) is 10.9. The van der Waals surface area contributed by atoms with Crippen LogP contribution in [-0.4, -0.2) is 8.07 Å². The summed E-state index contributed by atoms with van der Waals surface area (Å²) in [6, 6.07) is 29.9. The zero-order valence-electron chi connectivity index (χ0n) is 19.1. The maximum Gasteiger partial charge on any atom is 0.159 e. The van der Waals surface area contributed by atoms with Gasteiger partial charge in [-0.2, -0.15) is 0 Å². The van der Waals surface area contributed by atoms with Crippen molar-refractivity contribution in [1.82, 2.24) is 0 Å². The Bertz CT molecular complexity index is 1050. The summed E-state index contributed by atoms with van der Waals surface area (Å²) in [5.74, 6) is 0. The van der Waals surface area contributed by atoms with E-state index in [1.54, 1.807) is 11.1 Å². The molecule has 1 heteroatoms. The molecule has 0 aromatic heterocycles. The Kier molecular flexibility index (Phi) is 5.42. The normalized spacial score (nSPS) is 15.3. The summed E-state index contributed by atoms with van der Waals surface area (Å²) in [5, 5.41) is 4.50. The van der Waals surface area contributed by atoms with Crippen molar-refractivity contribution in [3.05, 3.63) is 112 Å². The van der Waals surface area contributed by atoms with Gasteiger partial charge >= 0.3 is 0 Å². The van der Waals surface area contributed by atoms with Gasteiger partial charge in [-0.15, -0.1) is 0 Å². The van der Waals surface area contributed by atoms with Gasteiger partial charge < -0.3 is 0 Å². The van der Waals surface area contributed by atoms with Crippen LogP contribution in [0.5, 0.6) is 0 Å². The second-order valence-electron chi connectivity index (χ2n) is 8.97. The van der Waals surface area contributed by atoms with Crippen LogP contribution in [0, 0.1) is 13.8 Å². The fourth-order valence-corrected chi connectivity index (χ4v) is 11.7. The van der Waals surface area contributed by atoms with Gasteiger partial charge in [0.05, 0.1) is 0 Å². The molecule has 0 saturated heterocycles. The molecule has 0 aliphatic heterocycles. The Morgan fingerprint density at radius 2 is 0.900 bits per heavy atom. The van der Waals surface area contributed by atoms with E-state index < -0.39 is 8.07 Å². The largest absolute Gasteiger partial charge is 0.159 e. The zero-order chi connectivity index (χ0) is 21.5. The predicted molar refractivity (Wildman–Crippen MR) is 134 cm³/mol. The van der Waals surface area contributed by atoms with Crippen LogP contribution in [0.25, 0.3) is 0 Å². The first-order chi connectivity index (χ1) is 14.4. The Hall–Kier alpha value is -2.64. The summed E-state index contributed by atoms with van der Waals surface area (Å²) in [6.07, 6.45) is 0. The molecule has 1 aliphatic rings. The smallest absolute Gasteiger partial charge is 0.0647 e. The zero-order valence-corrected chi connectivity index (χ0v) is 20.1. The van der Waals surface area contributed by atoms with Gasteiger partial charge in [0, 0.05) is 5.54 Å². The number of allylic oxidation sites excluding steroid dienone is 4. The molecule has 152 valence electrons. The van der Waals surface area contributed by atoms with Crippen molar-refractivity contribution >= 4 is 23.6 Å². The molecule has 0 nitrogen and oxygen atoms in total. The van der Waals surface area contributed by atoms with Crippen molar-refractivity contribution in [2.75, 3.05) is 0 Å². The van der Waals surface area contributed by atoms with Crippen LogP contribution < -0.4 is 15.6 Å². The lowest BCUT2D eigenvalue weighted by atomic mass is 10.1. The highest BCUT2D eigenvalue weighted by Crippen LogP contribution is 2.46. The number of benzene rings is 3. The van der Waals surface area contributed by atoms with Gasteiger partial charge in [-0.25, -0.2) is 0 Å². The van der Waals surface area contributed by atoms with Gasteiger partial charge in [-0.3, -0.25) is 0 Å². The van der Waals surface area contributed by atoms with Crippen LogP contribution in [0.4, 0.5) is 0 Å². The second kappa shape index (κ2) is 7.89. The van der Waals surface area contributed by atoms with Crippen LogP contribution in [0.3, 0.4) is 0 Å². The molecule has 0 radical (unpaired) electrons. The van der Waals surface area contributed by atoms with Crippen LogP contribution in [0.2, 0.25) is 5.54 Å². The molecule has 0 heterocycles. The highest BCUT2D eigenvalue weighted by atomic mass is 28.3. The third kappa shape index (κ3) is 3.13. The first kappa shape index (κ1) is 20.6. The van der Waals surface area contributed by atoms with Crippen molar-refractivity contribution in [3.63, 3.8) is 0 Å². The number of aryl methyl sites for hydroxylation is 2. The average molecular weight is 409 g/mol. The predicted octanol–water partition coefficient (Wildman–Crippen LogP) is 5.83. The molecule has 0 unspecified atom stereocenters. The lowest BCUT2D eigenvalue weighted by molar-refractivity contribution is 1.09. The van der Waals surface area contributed by atoms with Gasteiger partial charge in [0.25, 0.3) is 0 Å². The molecule has 0 saturated carbocycles. The second-order valence-corrected chi connectivity index (χ2v) is 12.9. The molecular formula is C29H32Si. The summed E-state index contributed by atoms with van der Waals surface area (Å²) in [6.45, 7) is 13.8. The average Bonchev–Trinajstić information content (AvgIpc) is 2.94. The number of hydrogen-bond donors (Lipinski definition) is 0. The summed E-state index contributed by atoms with van der Waals surface area (Å²) in [4.78, 5) is 0. The molecule has 0 atom stereocenters. The van der Waals surface area contributed by atoms with E-state index in [2.05, 4.69) is 120 Å². The summed E-state index contributed by atoms with van der Waals surface area (Å²) in [5.41, 5.74) is 9.18. The number of hydrogen-bond acceptors (Lipinski definition) is 0. The van der Waals surface area contributed by atoms with Crippen molar-refractivity contribution in [1.29, 1.82) is 0 Å². The molecule has 30 heavy (non-hydrogen) atoms. The van der Waals surface area contributed by atoms with Crippen molar-refractivity contribution in [2.24, 2.45) is 0 Å². The van der Waals surface area contributed by atoms with Gasteiger partial charge in [0.1, 0.15) is 0 Å². The van der Waals surface area contributed by atoms with Crippen LogP contribution >= 0.6 is 0 Å². The molecule has 1 aliphatic carbocycles. The molecular weight excluding hydrogens is 376 g/mol. The topological polar surface area (TPSA) is 0 Å². The monoisotopic (exact) mass is 408 g/mol. The van der Waals surface area contributed by atoms with Crippen molar-refractivity contribution in [3.8, 4) is 0 Å². The molecule has 0 fully saturated rings. The maximum atomic E-state index is 2.46. The van der Waals surface area contributed by atoms with Crippen molar-refractivity contribution in [2.45, 2.75) is 47.1 Å². The van der Waals surface area contributed by atoms with Crippen LogP contribution in [0.15, 0.2) is 101 Å². The quantitative estimate of drug-likeness (QED) is 0.376. The SMILES string of the molecule is CC1=C(C)C([Si](c2ccccc2)(c2ccccc2)c2cc(C)cc(C)c2)C(C)=C1C. The van der Waals surface area contributed by atoms with Gasteiger partial charge in [0.15, 0.2) is 8.07 Å². The van der Waals surface area contributed by atoms with E-state index in [1.165, 1.54) is 37.8 Å². The Morgan fingerprint density at radius 1 is 0.500 bits per heavy atom. The molecule has 4 rings (SSSR count). The molecule has 0 N–H and O–H groups in total. The Balaban J connectivity index is 2.19. The van der Waals surface area contributed by atoms with E-state index in [1.807, 2.05) is 0 Å². The Morgan fingerprint density at radius 3 is 1.30 bits per heavy atom. The fourth-order valence-electron chi connectivity index (χ4n) is 5.60. The third-order valence-electron chi connectivity index (χ3n) is 7.18. The minimum absolute atomic E-state index is 0.434. The van der Waals surface area contributed by atoms with E-state index in [0.29, 0.717) is 5.54 Å². The standard InChI is InChI=1S/C29H32Si/c1-20-17-21(2)19-28(18-20)30(26-13-9-7-10-14-26,27-15-11-8-12-16-27)29-24(5)22(3)23(4)25(29)6/h7-19,29H,1-6H3. The van der Waals surface area contributed by atoms with E-state index in [9.17, 15) is 0 Å². The first-order valence-corrected chi connectivity index (χ1v) is 13.0. The summed E-state index contributed by atoms with van der Waals surface area (Å²) < 4.78 is 0.